The van der Waals surface area contributed by atoms with Crippen LogP contribution in [-0.2, 0) is 10.0 Å². The van der Waals surface area contributed by atoms with Gasteiger partial charge in [0, 0.05) is 44.1 Å². The van der Waals surface area contributed by atoms with Crippen LogP contribution in [0, 0.1) is 6.92 Å². The average molecular weight is 388 g/mol. The molecule has 0 unspecified atom stereocenters. The summed E-state index contributed by atoms with van der Waals surface area (Å²) in [4.78, 5) is 15.1. The number of carbonyl (C=O) groups excluding carboxylic acids is 1. The second-order valence-corrected chi connectivity index (χ2v) is 9.08. The maximum absolute atomic E-state index is 12.6. The van der Waals surface area contributed by atoms with Gasteiger partial charge in [-0.1, -0.05) is 6.07 Å². The highest BCUT2D eigenvalue weighted by Crippen LogP contribution is 2.23. The van der Waals surface area contributed by atoms with Crippen LogP contribution in [0.3, 0.4) is 0 Å². The normalized spacial score (nSPS) is 14.6. The maximum atomic E-state index is 12.6. The second-order valence-electron chi connectivity index (χ2n) is 6.96. The molecule has 3 rings (SSSR count). The molecule has 1 fully saturated rings. The quantitative estimate of drug-likeness (QED) is 0.856. The molecule has 0 spiro atoms. The Morgan fingerprint density at radius 3 is 2.26 bits per heavy atom. The van der Waals surface area contributed by atoms with Crippen LogP contribution in [0.15, 0.2) is 47.4 Å². The summed E-state index contributed by atoms with van der Waals surface area (Å²) >= 11 is 0. The Morgan fingerprint density at radius 1 is 1.04 bits per heavy atom. The van der Waals surface area contributed by atoms with Crippen LogP contribution >= 0.6 is 0 Å². The first kappa shape index (κ1) is 19.4. The van der Waals surface area contributed by atoms with Crippen molar-refractivity contribution in [1.29, 1.82) is 0 Å². The van der Waals surface area contributed by atoms with Crippen LogP contribution < -0.4 is 10.2 Å². The molecule has 1 saturated heterocycles. The Bertz CT molecular complexity index is 931. The fourth-order valence-corrected chi connectivity index (χ4v) is 4.29. The largest absolute Gasteiger partial charge is 0.372 e. The third-order valence-electron chi connectivity index (χ3n) is 4.81. The van der Waals surface area contributed by atoms with Gasteiger partial charge in [0.25, 0.3) is 5.91 Å². The van der Waals surface area contributed by atoms with Gasteiger partial charge in [0.1, 0.15) is 0 Å². The average Bonchev–Trinajstić information content (AvgIpc) is 3.17. The summed E-state index contributed by atoms with van der Waals surface area (Å²) in [6.07, 6.45) is 2.42. The van der Waals surface area contributed by atoms with E-state index >= 15 is 0 Å². The SMILES string of the molecule is Cc1ccc(C(=O)Nc2ccc(N3CCCC3)cc2)cc1S(=O)(=O)N(C)C. The number of benzene rings is 2. The summed E-state index contributed by atoms with van der Waals surface area (Å²) in [5.41, 5.74) is 2.75. The van der Waals surface area contributed by atoms with Crippen molar-refractivity contribution in [3.8, 4) is 0 Å². The van der Waals surface area contributed by atoms with Gasteiger partial charge in [0.2, 0.25) is 10.0 Å². The molecular weight excluding hydrogens is 362 g/mol. The molecule has 1 aliphatic rings. The number of rotatable bonds is 5. The van der Waals surface area contributed by atoms with Crippen molar-refractivity contribution >= 4 is 27.3 Å². The minimum Gasteiger partial charge on any atom is -0.372 e. The molecule has 144 valence electrons. The Hall–Kier alpha value is -2.38. The molecule has 27 heavy (non-hydrogen) atoms. The molecule has 7 heteroatoms. The lowest BCUT2D eigenvalue weighted by Crippen LogP contribution is -2.23. The van der Waals surface area contributed by atoms with E-state index in [1.807, 2.05) is 24.3 Å². The third kappa shape index (κ3) is 4.14. The predicted molar refractivity (Wildman–Crippen MR) is 108 cm³/mol. The van der Waals surface area contributed by atoms with Crippen molar-refractivity contribution in [1.82, 2.24) is 4.31 Å². The minimum absolute atomic E-state index is 0.143. The first-order valence-electron chi connectivity index (χ1n) is 8.98. The van der Waals surface area contributed by atoms with Crippen LogP contribution in [0.4, 0.5) is 11.4 Å². The topological polar surface area (TPSA) is 69.7 Å². The molecule has 6 nitrogen and oxygen atoms in total. The van der Waals surface area contributed by atoms with E-state index in [0.29, 0.717) is 16.8 Å². The van der Waals surface area contributed by atoms with Crippen molar-refractivity contribution in [3.63, 3.8) is 0 Å². The highest BCUT2D eigenvalue weighted by molar-refractivity contribution is 7.89. The number of sulfonamides is 1. The van der Waals surface area contributed by atoms with E-state index < -0.39 is 10.0 Å². The molecule has 1 N–H and O–H groups in total. The summed E-state index contributed by atoms with van der Waals surface area (Å²) in [7, 11) is -0.652. The van der Waals surface area contributed by atoms with Crippen LogP contribution in [0.1, 0.15) is 28.8 Å². The zero-order valence-electron chi connectivity index (χ0n) is 15.9. The molecule has 1 heterocycles. The molecule has 0 bridgehead atoms. The number of nitrogens with zero attached hydrogens (tertiary/aromatic N) is 2. The van der Waals surface area contributed by atoms with Crippen molar-refractivity contribution in [2.24, 2.45) is 0 Å². The molecule has 0 saturated carbocycles. The highest BCUT2D eigenvalue weighted by Gasteiger charge is 2.21. The molecule has 2 aromatic carbocycles. The summed E-state index contributed by atoms with van der Waals surface area (Å²) in [5.74, 6) is -0.334. The fourth-order valence-electron chi connectivity index (χ4n) is 3.15. The maximum Gasteiger partial charge on any atom is 0.255 e. The summed E-state index contributed by atoms with van der Waals surface area (Å²) in [5, 5.41) is 2.84. The number of amides is 1. The smallest absolute Gasteiger partial charge is 0.255 e. The van der Waals surface area contributed by atoms with Crippen molar-refractivity contribution in [2.45, 2.75) is 24.7 Å². The highest BCUT2D eigenvalue weighted by atomic mass is 32.2. The van der Waals surface area contributed by atoms with Gasteiger partial charge in [-0.25, -0.2) is 12.7 Å². The number of anilines is 2. The van der Waals surface area contributed by atoms with Crippen molar-refractivity contribution < 1.29 is 13.2 Å². The van der Waals surface area contributed by atoms with E-state index in [4.69, 9.17) is 0 Å². The van der Waals surface area contributed by atoms with E-state index in [-0.39, 0.29) is 10.8 Å². The molecule has 0 aromatic heterocycles. The Kier molecular flexibility index (Phi) is 5.53. The number of carbonyl (C=O) groups is 1. The second kappa shape index (κ2) is 7.70. The summed E-state index contributed by atoms with van der Waals surface area (Å²) < 4.78 is 26.0. The van der Waals surface area contributed by atoms with E-state index in [1.54, 1.807) is 19.1 Å². The van der Waals surface area contributed by atoms with E-state index in [0.717, 1.165) is 23.1 Å². The third-order valence-corrected chi connectivity index (χ3v) is 6.76. The number of nitrogens with one attached hydrogen (secondary N) is 1. The van der Waals surface area contributed by atoms with Gasteiger partial charge >= 0.3 is 0 Å². The zero-order chi connectivity index (χ0) is 19.6. The van der Waals surface area contributed by atoms with Gasteiger partial charge in [-0.05, 0) is 61.7 Å². The van der Waals surface area contributed by atoms with Gasteiger partial charge in [-0.3, -0.25) is 4.79 Å². The molecule has 1 aliphatic heterocycles. The van der Waals surface area contributed by atoms with Gasteiger partial charge < -0.3 is 10.2 Å². The number of aryl methyl sites for hydroxylation is 1. The Morgan fingerprint density at radius 2 is 1.67 bits per heavy atom. The van der Waals surface area contributed by atoms with E-state index in [2.05, 4.69) is 10.2 Å². The van der Waals surface area contributed by atoms with E-state index in [1.165, 1.54) is 33.0 Å². The first-order valence-corrected chi connectivity index (χ1v) is 10.4. The number of hydrogen-bond acceptors (Lipinski definition) is 4. The molecular formula is C20H25N3O3S. The van der Waals surface area contributed by atoms with Gasteiger partial charge in [0.15, 0.2) is 0 Å². The van der Waals surface area contributed by atoms with Gasteiger partial charge in [-0.2, -0.15) is 0 Å². The standard InChI is InChI=1S/C20H25N3O3S/c1-15-6-7-16(14-19(15)27(25,26)22(2)3)20(24)21-17-8-10-18(11-9-17)23-12-4-5-13-23/h6-11,14H,4-5,12-13H2,1-3H3,(H,21,24). The summed E-state index contributed by atoms with van der Waals surface area (Å²) in [6.45, 7) is 3.85. The zero-order valence-corrected chi connectivity index (χ0v) is 16.7. The van der Waals surface area contributed by atoms with Crippen LogP contribution in [0.5, 0.6) is 0 Å². The lowest BCUT2D eigenvalue weighted by Gasteiger charge is -2.18. The lowest BCUT2D eigenvalue weighted by molar-refractivity contribution is 0.102. The molecule has 0 atom stereocenters. The monoisotopic (exact) mass is 387 g/mol. The number of hydrogen-bond donors (Lipinski definition) is 1. The first-order chi connectivity index (χ1) is 12.8. The van der Waals surface area contributed by atoms with Crippen molar-refractivity contribution in [3.05, 3.63) is 53.6 Å². The lowest BCUT2D eigenvalue weighted by atomic mass is 10.1. The van der Waals surface area contributed by atoms with Crippen LogP contribution in [0.25, 0.3) is 0 Å². The van der Waals surface area contributed by atoms with Gasteiger partial charge in [-0.15, -0.1) is 0 Å². The van der Waals surface area contributed by atoms with Crippen LogP contribution in [0.2, 0.25) is 0 Å². The van der Waals surface area contributed by atoms with E-state index in [9.17, 15) is 13.2 Å². The molecule has 1 amide bonds. The van der Waals surface area contributed by atoms with Crippen molar-refractivity contribution in [2.75, 3.05) is 37.4 Å². The predicted octanol–water partition coefficient (Wildman–Crippen LogP) is 3.10. The van der Waals surface area contributed by atoms with Gasteiger partial charge in [0.05, 0.1) is 4.90 Å². The fraction of sp³-hybridized carbons (Fsp3) is 0.350. The summed E-state index contributed by atoms with van der Waals surface area (Å²) in [6, 6.07) is 12.5. The Labute approximate surface area is 160 Å². The van der Waals surface area contributed by atoms with Crippen LogP contribution in [-0.4, -0.2) is 45.8 Å². The molecule has 2 aromatic rings. The Balaban J connectivity index is 1.78. The minimum atomic E-state index is -3.60. The molecule has 0 aliphatic carbocycles. The molecule has 0 radical (unpaired) electrons.